The molecule has 148 valence electrons. The van der Waals surface area contributed by atoms with Gasteiger partial charge in [-0.25, -0.2) is 4.79 Å². The summed E-state index contributed by atoms with van der Waals surface area (Å²) in [7, 11) is 0. The van der Waals surface area contributed by atoms with Crippen LogP contribution in [0.4, 0.5) is 4.79 Å². The van der Waals surface area contributed by atoms with E-state index < -0.39 is 0 Å². The standard InChI is InChI=1S/C23H23N3O3/c27-23(25-13-17-15-28-21-7-3-4-8-22(21)29-17)26-11-9-16(10-12-26)19-14-24-20-6-2-1-5-18(19)20/h1-9,14,17,24H,10-13,15H2,(H,25,27)/t17-/m0/s1. The molecule has 1 atom stereocenters. The van der Waals surface area contributed by atoms with Crippen LogP contribution in [0.15, 0.2) is 60.8 Å². The van der Waals surface area contributed by atoms with E-state index in [9.17, 15) is 4.79 Å². The molecule has 6 heteroatoms. The van der Waals surface area contributed by atoms with Crippen LogP contribution in [0.2, 0.25) is 0 Å². The van der Waals surface area contributed by atoms with Crippen LogP contribution in [0.5, 0.6) is 11.5 Å². The summed E-state index contributed by atoms with van der Waals surface area (Å²) < 4.78 is 11.6. The van der Waals surface area contributed by atoms with Crippen LogP contribution in [0.3, 0.4) is 0 Å². The third-order valence-electron chi connectivity index (χ3n) is 5.48. The van der Waals surface area contributed by atoms with Gasteiger partial charge in [-0.1, -0.05) is 36.4 Å². The van der Waals surface area contributed by atoms with E-state index in [0.717, 1.165) is 23.4 Å². The summed E-state index contributed by atoms with van der Waals surface area (Å²) in [6.45, 7) is 2.15. The number of fused-ring (bicyclic) bond motifs is 2. The van der Waals surface area contributed by atoms with Gasteiger partial charge in [-0.15, -0.1) is 0 Å². The van der Waals surface area contributed by atoms with Crippen LogP contribution < -0.4 is 14.8 Å². The highest BCUT2D eigenvalue weighted by Crippen LogP contribution is 2.31. The average Bonchev–Trinajstić information content (AvgIpc) is 3.21. The second kappa shape index (κ2) is 7.54. The molecule has 2 aliphatic rings. The monoisotopic (exact) mass is 389 g/mol. The normalized spacial score (nSPS) is 18.4. The highest BCUT2D eigenvalue weighted by molar-refractivity contribution is 5.93. The Morgan fingerprint density at radius 1 is 1.14 bits per heavy atom. The molecule has 3 heterocycles. The highest BCUT2D eigenvalue weighted by Gasteiger charge is 2.23. The Labute approximate surface area is 169 Å². The maximum absolute atomic E-state index is 12.6. The summed E-state index contributed by atoms with van der Waals surface area (Å²) in [6.07, 6.45) is 4.86. The first-order valence-electron chi connectivity index (χ1n) is 9.95. The fraction of sp³-hybridized carbons (Fsp3) is 0.261. The fourth-order valence-corrected chi connectivity index (χ4v) is 3.91. The van der Waals surface area contributed by atoms with E-state index in [1.165, 1.54) is 16.5 Å². The molecule has 0 saturated heterocycles. The molecule has 0 aliphatic carbocycles. The van der Waals surface area contributed by atoms with Crippen molar-refractivity contribution < 1.29 is 14.3 Å². The van der Waals surface area contributed by atoms with E-state index >= 15 is 0 Å². The maximum Gasteiger partial charge on any atom is 0.317 e. The van der Waals surface area contributed by atoms with Crippen molar-refractivity contribution in [2.45, 2.75) is 12.5 Å². The van der Waals surface area contributed by atoms with Crippen LogP contribution in [0.25, 0.3) is 16.5 Å². The largest absolute Gasteiger partial charge is 0.486 e. The van der Waals surface area contributed by atoms with Crippen LogP contribution in [-0.4, -0.2) is 48.3 Å². The molecule has 2 N–H and O–H groups in total. The Balaban J connectivity index is 1.17. The Bertz CT molecular complexity index is 1070. The minimum atomic E-state index is -0.184. The number of carbonyl (C=O) groups excluding carboxylic acids is 1. The summed E-state index contributed by atoms with van der Waals surface area (Å²) in [4.78, 5) is 17.7. The molecule has 5 rings (SSSR count). The lowest BCUT2D eigenvalue weighted by Crippen LogP contribution is -2.47. The quantitative estimate of drug-likeness (QED) is 0.716. The summed E-state index contributed by atoms with van der Waals surface area (Å²) in [5.74, 6) is 1.48. The van der Waals surface area contributed by atoms with Crippen molar-refractivity contribution in [3.8, 4) is 11.5 Å². The first-order chi connectivity index (χ1) is 14.3. The van der Waals surface area contributed by atoms with E-state index in [1.54, 1.807) is 0 Å². The van der Waals surface area contributed by atoms with E-state index in [1.807, 2.05) is 35.2 Å². The van der Waals surface area contributed by atoms with Gasteiger partial charge in [0.1, 0.15) is 6.61 Å². The van der Waals surface area contributed by atoms with Crippen LogP contribution >= 0.6 is 0 Å². The zero-order chi connectivity index (χ0) is 19.6. The zero-order valence-electron chi connectivity index (χ0n) is 16.1. The van der Waals surface area contributed by atoms with Gasteiger partial charge in [-0.2, -0.15) is 0 Å². The fourth-order valence-electron chi connectivity index (χ4n) is 3.91. The SMILES string of the molecule is O=C(NC[C@H]1COc2ccccc2O1)N1CC=C(c2c[nH]c3ccccc23)CC1. The number of aromatic amines is 1. The number of hydrogen-bond donors (Lipinski definition) is 2. The first kappa shape index (κ1) is 17.7. The second-order valence-corrected chi connectivity index (χ2v) is 7.36. The molecule has 0 radical (unpaired) electrons. The van der Waals surface area contributed by atoms with E-state index in [-0.39, 0.29) is 12.1 Å². The minimum absolute atomic E-state index is 0.0679. The third-order valence-corrected chi connectivity index (χ3v) is 5.48. The number of nitrogens with zero attached hydrogens (tertiary/aromatic N) is 1. The molecule has 0 spiro atoms. The second-order valence-electron chi connectivity index (χ2n) is 7.36. The molecule has 2 amide bonds. The smallest absolute Gasteiger partial charge is 0.317 e. The average molecular weight is 389 g/mol. The molecule has 29 heavy (non-hydrogen) atoms. The lowest BCUT2D eigenvalue weighted by atomic mass is 9.99. The van der Waals surface area contributed by atoms with E-state index in [2.05, 4.69) is 40.8 Å². The summed E-state index contributed by atoms with van der Waals surface area (Å²) in [6, 6.07) is 15.8. The molecule has 6 nitrogen and oxygen atoms in total. The number of para-hydroxylation sites is 3. The molecule has 3 aromatic rings. The lowest BCUT2D eigenvalue weighted by molar-refractivity contribution is 0.0903. The van der Waals surface area contributed by atoms with Crippen LogP contribution in [-0.2, 0) is 0 Å². The number of H-pyrrole nitrogens is 1. The van der Waals surface area contributed by atoms with Gasteiger partial charge in [-0.05, 0) is 30.2 Å². The minimum Gasteiger partial charge on any atom is -0.486 e. The number of ether oxygens (including phenoxy) is 2. The lowest BCUT2D eigenvalue weighted by Gasteiger charge is -2.29. The van der Waals surface area contributed by atoms with Crippen LogP contribution in [0.1, 0.15) is 12.0 Å². The molecular formula is C23H23N3O3. The Morgan fingerprint density at radius 3 is 2.83 bits per heavy atom. The van der Waals surface area contributed by atoms with Gasteiger partial charge in [0, 0.05) is 35.8 Å². The highest BCUT2D eigenvalue weighted by atomic mass is 16.6. The van der Waals surface area contributed by atoms with Gasteiger partial charge < -0.3 is 24.7 Å². The molecule has 2 aliphatic heterocycles. The first-order valence-corrected chi connectivity index (χ1v) is 9.95. The molecule has 0 saturated carbocycles. The van der Waals surface area contributed by atoms with Gasteiger partial charge in [0.15, 0.2) is 17.6 Å². The van der Waals surface area contributed by atoms with E-state index in [0.29, 0.717) is 26.2 Å². The Morgan fingerprint density at radius 2 is 1.97 bits per heavy atom. The van der Waals surface area contributed by atoms with Gasteiger partial charge in [0.25, 0.3) is 0 Å². The molecule has 0 unspecified atom stereocenters. The third kappa shape index (κ3) is 3.53. The summed E-state index contributed by atoms with van der Waals surface area (Å²) in [5, 5.41) is 4.21. The number of nitrogens with one attached hydrogen (secondary N) is 2. The van der Waals surface area contributed by atoms with Crippen molar-refractivity contribution in [2.24, 2.45) is 0 Å². The van der Waals surface area contributed by atoms with Crippen molar-refractivity contribution in [1.29, 1.82) is 0 Å². The van der Waals surface area contributed by atoms with Crippen molar-refractivity contribution in [1.82, 2.24) is 15.2 Å². The maximum atomic E-state index is 12.6. The molecule has 2 aromatic carbocycles. The number of benzene rings is 2. The molecular weight excluding hydrogens is 366 g/mol. The molecule has 0 fully saturated rings. The number of carbonyl (C=O) groups is 1. The van der Waals surface area contributed by atoms with Crippen molar-refractivity contribution in [3.05, 3.63) is 66.4 Å². The molecule has 1 aromatic heterocycles. The van der Waals surface area contributed by atoms with Crippen molar-refractivity contribution in [3.63, 3.8) is 0 Å². The predicted molar refractivity (Wildman–Crippen MR) is 112 cm³/mol. The number of aromatic nitrogens is 1. The predicted octanol–water partition coefficient (Wildman–Crippen LogP) is 3.81. The topological polar surface area (TPSA) is 66.6 Å². The number of rotatable bonds is 3. The molecule has 0 bridgehead atoms. The van der Waals surface area contributed by atoms with Crippen molar-refractivity contribution in [2.75, 3.05) is 26.2 Å². The summed E-state index contributed by atoms with van der Waals surface area (Å²) in [5.41, 5.74) is 3.65. The van der Waals surface area contributed by atoms with Gasteiger partial charge in [0.05, 0.1) is 6.54 Å². The zero-order valence-corrected chi connectivity index (χ0v) is 16.1. The van der Waals surface area contributed by atoms with Gasteiger partial charge in [0.2, 0.25) is 0 Å². The van der Waals surface area contributed by atoms with Crippen molar-refractivity contribution >= 4 is 22.5 Å². The Hall–Kier alpha value is -3.41. The summed E-state index contributed by atoms with van der Waals surface area (Å²) >= 11 is 0. The Kier molecular flexibility index (Phi) is 4.60. The van der Waals surface area contributed by atoms with Gasteiger partial charge in [-0.3, -0.25) is 0 Å². The number of hydrogen-bond acceptors (Lipinski definition) is 3. The van der Waals surface area contributed by atoms with Crippen LogP contribution in [0, 0.1) is 0 Å². The number of amides is 2. The van der Waals surface area contributed by atoms with Gasteiger partial charge >= 0.3 is 6.03 Å². The van der Waals surface area contributed by atoms with E-state index in [4.69, 9.17) is 9.47 Å². The number of urea groups is 1.